The first-order chi connectivity index (χ1) is 10.6. The largest absolute Gasteiger partial charge is 0.768 e. The number of hydrogen-bond acceptors (Lipinski definition) is 4. The molecule has 112 valence electrons. The summed E-state index contributed by atoms with van der Waals surface area (Å²) in [5, 5.41) is 4.66. The Balaban J connectivity index is 2.09. The molecule has 0 N–H and O–H groups in total. The van der Waals surface area contributed by atoms with Crippen molar-refractivity contribution in [3.8, 4) is 22.5 Å². The van der Waals surface area contributed by atoms with Gasteiger partial charge in [-0.05, 0) is 60.0 Å². The average Bonchev–Trinajstić information content (AvgIpc) is 2.90. The number of benzene rings is 2. The van der Waals surface area contributed by atoms with Crippen molar-refractivity contribution in [2.45, 2.75) is 11.8 Å². The minimum Gasteiger partial charge on any atom is -0.768 e. The summed E-state index contributed by atoms with van der Waals surface area (Å²) in [4.78, 5) is 0.242. The second-order valence-corrected chi connectivity index (χ2v) is 6.12. The Hall–Kier alpha value is -1.95. The molecule has 3 rings (SSSR count). The lowest BCUT2D eigenvalue weighted by molar-refractivity contribution is 0.427. The smallest absolute Gasteiger partial charge is 0.174 e. The lowest BCUT2D eigenvalue weighted by atomic mass is 10.00. The van der Waals surface area contributed by atoms with Crippen LogP contribution in [0.4, 0.5) is 0 Å². The molecular formula is C16H11ClNO3S-. The molecule has 1 heterocycles. The normalized spacial score (nSPS) is 12.3. The van der Waals surface area contributed by atoms with E-state index in [-0.39, 0.29) is 4.90 Å². The van der Waals surface area contributed by atoms with E-state index in [1.165, 1.54) is 0 Å². The standard InChI is InChI=1S/C16H12ClNO3S/c1-10-15(11-4-8-14(9-5-11)22(19)20)16(21-18-10)12-2-6-13(17)7-3-12/h2-9H,1H3,(H,19,20)/p-1. The molecule has 0 saturated carbocycles. The SMILES string of the molecule is Cc1noc(-c2ccc(Cl)cc2)c1-c1ccc(S(=O)[O-])cc1. The van der Waals surface area contributed by atoms with Crippen LogP contribution in [0.3, 0.4) is 0 Å². The third-order valence-electron chi connectivity index (χ3n) is 3.30. The van der Waals surface area contributed by atoms with Gasteiger partial charge < -0.3 is 9.08 Å². The van der Waals surface area contributed by atoms with Crippen molar-refractivity contribution in [2.75, 3.05) is 0 Å². The first-order valence-corrected chi connectivity index (χ1v) is 7.93. The van der Waals surface area contributed by atoms with Crippen LogP contribution < -0.4 is 0 Å². The van der Waals surface area contributed by atoms with Gasteiger partial charge in [0.15, 0.2) is 5.76 Å². The van der Waals surface area contributed by atoms with E-state index >= 15 is 0 Å². The highest BCUT2D eigenvalue weighted by atomic mass is 35.5. The maximum atomic E-state index is 10.9. The summed E-state index contributed by atoms with van der Waals surface area (Å²) in [5.74, 6) is 0.630. The van der Waals surface area contributed by atoms with Crippen molar-refractivity contribution < 1.29 is 13.3 Å². The van der Waals surface area contributed by atoms with Crippen LogP contribution in [0.5, 0.6) is 0 Å². The molecule has 0 aliphatic carbocycles. The van der Waals surface area contributed by atoms with Crippen LogP contribution in [0.15, 0.2) is 57.9 Å². The molecule has 0 aliphatic rings. The lowest BCUT2D eigenvalue weighted by Gasteiger charge is -2.07. The van der Waals surface area contributed by atoms with Crippen molar-refractivity contribution in [1.82, 2.24) is 5.16 Å². The minimum atomic E-state index is -2.24. The molecule has 2 aromatic carbocycles. The molecule has 3 aromatic rings. The third kappa shape index (κ3) is 2.83. The van der Waals surface area contributed by atoms with Crippen LogP contribution in [0, 0.1) is 6.92 Å². The lowest BCUT2D eigenvalue weighted by Crippen LogP contribution is -1.89. The van der Waals surface area contributed by atoms with Gasteiger partial charge in [-0.2, -0.15) is 0 Å². The predicted octanol–water partition coefficient (Wildman–Crippen LogP) is 4.21. The summed E-state index contributed by atoms with van der Waals surface area (Å²) < 4.78 is 27.3. The predicted molar refractivity (Wildman–Crippen MR) is 84.3 cm³/mol. The maximum Gasteiger partial charge on any atom is 0.174 e. The molecule has 0 fully saturated rings. The highest BCUT2D eigenvalue weighted by Crippen LogP contribution is 2.35. The van der Waals surface area contributed by atoms with Gasteiger partial charge in [0.05, 0.1) is 11.3 Å². The fraction of sp³-hybridized carbons (Fsp3) is 0.0625. The van der Waals surface area contributed by atoms with Gasteiger partial charge in [-0.3, -0.25) is 4.21 Å². The van der Waals surface area contributed by atoms with E-state index < -0.39 is 11.1 Å². The molecular weight excluding hydrogens is 322 g/mol. The van der Waals surface area contributed by atoms with Gasteiger partial charge >= 0.3 is 0 Å². The van der Waals surface area contributed by atoms with Crippen LogP contribution >= 0.6 is 11.6 Å². The summed E-state index contributed by atoms with van der Waals surface area (Å²) in [6, 6.07) is 13.9. The summed E-state index contributed by atoms with van der Waals surface area (Å²) >= 11 is 3.67. The number of halogens is 1. The monoisotopic (exact) mass is 332 g/mol. The molecule has 1 aromatic heterocycles. The molecule has 0 saturated heterocycles. The van der Waals surface area contributed by atoms with Gasteiger partial charge in [0.25, 0.3) is 0 Å². The molecule has 1 unspecified atom stereocenters. The van der Waals surface area contributed by atoms with Gasteiger partial charge in [0, 0.05) is 15.5 Å². The van der Waals surface area contributed by atoms with E-state index in [1.807, 2.05) is 19.1 Å². The fourth-order valence-corrected chi connectivity index (χ4v) is 2.72. The van der Waals surface area contributed by atoms with Crippen molar-refractivity contribution >= 4 is 22.7 Å². The topological polar surface area (TPSA) is 66.2 Å². The second kappa shape index (κ2) is 6.04. The van der Waals surface area contributed by atoms with E-state index in [1.54, 1.807) is 36.4 Å². The summed E-state index contributed by atoms with van der Waals surface area (Å²) in [7, 11) is 0. The van der Waals surface area contributed by atoms with Gasteiger partial charge in [-0.15, -0.1) is 0 Å². The van der Waals surface area contributed by atoms with Crippen molar-refractivity contribution in [2.24, 2.45) is 0 Å². The summed E-state index contributed by atoms with van der Waals surface area (Å²) in [6.07, 6.45) is 0. The zero-order valence-electron chi connectivity index (χ0n) is 11.6. The maximum absolute atomic E-state index is 10.9. The molecule has 0 spiro atoms. The Labute approximate surface area is 135 Å². The zero-order chi connectivity index (χ0) is 15.7. The highest BCUT2D eigenvalue weighted by molar-refractivity contribution is 7.79. The molecule has 1 atom stereocenters. The quantitative estimate of drug-likeness (QED) is 0.674. The van der Waals surface area contributed by atoms with E-state index in [4.69, 9.17) is 16.1 Å². The van der Waals surface area contributed by atoms with Crippen LogP contribution in [0.25, 0.3) is 22.5 Å². The van der Waals surface area contributed by atoms with Gasteiger partial charge in [-0.1, -0.05) is 28.9 Å². The van der Waals surface area contributed by atoms with E-state index in [9.17, 15) is 8.76 Å². The second-order valence-electron chi connectivity index (χ2n) is 4.74. The Morgan fingerprint density at radius 2 is 1.64 bits per heavy atom. The fourth-order valence-electron chi connectivity index (χ4n) is 2.24. The van der Waals surface area contributed by atoms with Crippen molar-refractivity contribution in [3.05, 3.63) is 59.2 Å². The Morgan fingerprint density at radius 3 is 2.23 bits per heavy atom. The number of rotatable bonds is 3. The Bertz CT molecular complexity index is 826. The Morgan fingerprint density at radius 1 is 1.05 bits per heavy atom. The molecule has 0 aliphatic heterocycles. The van der Waals surface area contributed by atoms with E-state index in [2.05, 4.69) is 5.16 Å². The first kappa shape index (κ1) is 15.0. The summed E-state index contributed by atoms with van der Waals surface area (Å²) in [6.45, 7) is 1.85. The highest BCUT2D eigenvalue weighted by Gasteiger charge is 2.16. The number of aromatic nitrogens is 1. The molecule has 0 radical (unpaired) electrons. The molecule has 0 amide bonds. The first-order valence-electron chi connectivity index (χ1n) is 6.48. The number of aryl methyl sites for hydroxylation is 1. The number of nitrogens with zero attached hydrogens (tertiary/aromatic N) is 1. The molecule has 6 heteroatoms. The zero-order valence-corrected chi connectivity index (χ0v) is 13.1. The van der Waals surface area contributed by atoms with E-state index in [0.29, 0.717) is 10.8 Å². The summed E-state index contributed by atoms with van der Waals surface area (Å²) in [5.41, 5.74) is 3.28. The molecule has 4 nitrogen and oxygen atoms in total. The third-order valence-corrected chi connectivity index (χ3v) is 4.21. The van der Waals surface area contributed by atoms with Crippen LogP contribution in [-0.4, -0.2) is 13.9 Å². The van der Waals surface area contributed by atoms with Gasteiger partial charge in [0.2, 0.25) is 0 Å². The average molecular weight is 333 g/mol. The minimum absolute atomic E-state index is 0.242. The van der Waals surface area contributed by atoms with Gasteiger partial charge in [0.1, 0.15) is 0 Å². The van der Waals surface area contributed by atoms with Crippen LogP contribution in [0.2, 0.25) is 5.02 Å². The molecule has 0 bridgehead atoms. The van der Waals surface area contributed by atoms with Crippen molar-refractivity contribution in [1.29, 1.82) is 0 Å². The van der Waals surface area contributed by atoms with E-state index in [0.717, 1.165) is 22.4 Å². The number of hydrogen-bond donors (Lipinski definition) is 0. The van der Waals surface area contributed by atoms with Gasteiger partial charge in [-0.25, -0.2) is 0 Å². The van der Waals surface area contributed by atoms with Crippen molar-refractivity contribution in [3.63, 3.8) is 0 Å². The van der Waals surface area contributed by atoms with Crippen LogP contribution in [0.1, 0.15) is 5.69 Å². The Kier molecular flexibility index (Phi) is 4.11. The van der Waals surface area contributed by atoms with Crippen LogP contribution in [-0.2, 0) is 11.1 Å². The molecule has 22 heavy (non-hydrogen) atoms.